The van der Waals surface area contributed by atoms with Gasteiger partial charge in [0.1, 0.15) is 5.75 Å². The first-order chi connectivity index (χ1) is 15.0. The molecule has 1 N–H and O–H groups in total. The summed E-state index contributed by atoms with van der Waals surface area (Å²) in [5, 5.41) is 11.1. The SMILES string of the molecule is O=C1/C(=C/c2cc(I)cc(I)c2O)SC(=NCc2ccccc2)N1Cc1ccccc1. The Morgan fingerprint density at radius 1 is 0.968 bits per heavy atom. The van der Waals surface area contributed by atoms with E-state index in [0.29, 0.717) is 28.7 Å². The van der Waals surface area contributed by atoms with Crippen LogP contribution in [0.1, 0.15) is 16.7 Å². The van der Waals surface area contributed by atoms with Crippen molar-refractivity contribution in [3.05, 3.63) is 102 Å². The zero-order valence-electron chi connectivity index (χ0n) is 16.3. The molecule has 3 aromatic rings. The van der Waals surface area contributed by atoms with E-state index in [9.17, 15) is 9.90 Å². The Morgan fingerprint density at radius 2 is 1.61 bits per heavy atom. The number of nitrogens with zero attached hydrogens (tertiary/aromatic N) is 2. The summed E-state index contributed by atoms with van der Waals surface area (Å²) < 4.78 is 1.76. The molecule has 0 aliphatic carbocycles. The molecule has 1 fully saturated rings. The van der Waals surface area contributed by atoms with Gasteiger partial charge in [-0.3, -0.25) is 14.7 Å². The van der Waals surface area contributed by atoms with Crippen LogP contribution < -0.4 is 0 Å². The predicted molar refractivity (Wildman–Crippen MR) is 144 cm³/mol. The highest BCUT2D eigenvalue weighted by Gasteiger charge is 2.33. The lowest BCUT2D eigenvalue weighted by atomic mass is 10.2. The highest BCUT2D eigenvalue weighted by Crippen LogP contribution is 2.36. The van der Waals surface area contributed by atoms with E-state index in [2.05, 4.69) is 45.2 Å². The van der Waals surface area contributed by atoms with Crippen LogP contribution in [0, 0.1) is 7.14 Å². The number of aliphatic imine (C=N–C) groups is 1. The van der Waals surface area contributed by atoms with Crippen molar-refractivity contribution in [2.45, 2.75) is 13.1 Å². The lowest BCUT2D eigenvalue weighted by Gasteiger charge is -2.15. The first-order valence-electron chi connectivity index (χ1n) is 9.53. The molecule has 3 aromatic carbocycles. The molecule has 0 spiro atoms. The second kappa shape index (κ2) is 10.2. The Morgan fingerprint density at radius 3 is 2.29 bits per heavy atom. The molecule has 1 aliphatic heterocycles. The van der Waals surface area contributed by atoms with Crippen LogP contribution in [0.2, 0.25) is 0 Å². The number of thioether (sulfide) groups is 1. The molecule has 0 radical (unpaired) electrons. The molecule has 156 valence electrons. The van der Waals surface area contributed by atoms with E-state index in [0.717, 1.165) is 18.3 Å². The number of benzene rings is 3. The maximum absolute atomic E-state index is 13.3. The van der Waals surface area contributed by atoms with E-state index in [1.54, 1.807) is 11.0 Å². The molecule has 1 saturated heterocycles. The third kappa shape index (κ3) is 5.50. The molecule has 4 nitrogen and oxygen atoms in total. The molecule has 0 bridgehead atoms. The number of hydrogen-bond acceptors (Lipinski definition) is 4. The predicted octanol–water partition coefficient (Wildman–Crippen LogP) is 6.27. The third-order valence-corrected chi connectivity index (χ3v) is 7.15. The highest BCUT2D eigenvalue weighted by molar-refractivity contribution is 14.1. The molecule has 1 heterocycles. The molecule has 4 rings (SSSR count). The van der Waals surface area contributed by atoms with Crippen LogP contribution in [0.4, 0.5) is 0 Å². The van der Waals surface area contributed by atoms with Crippen molar-refractivity contribution in [2.24, 2.45) is 4.99 Å². The lowest BCUT2D eigenvalue weighted by molar-refractivity contribution is -0.122. The molecular formula is C24H18I2N2O2S. The van der Waals surface area contributed by atoms with Gasteiger partial charge >= 0.3 is 0 Å². The van der Waals surface area contributed by atoms with Gasteiger partial charge in [-0.15, -0.1) is 0 Å². The van der Waals surface area contributed by atoms with Crippen LogP contribution in [0.5, 0.6) is 5.75 Å². The van der Waals surface area contributed by atoms with Crippen LogP contribution in [-0.2, 0) is 17.9 Å². The van der Waals surface area contributed by atoms with Gasteiger partial charge in [0.2, 0.25) is 0 Å². The van der Waals surface area contributed by atoms with Gasteiger partial charge < -0.3 is 5.11 Å². The van der Waals surface area contributed by atoms with Gasteiger partial charge in [0.05, 0.1) is 21.6 Å². The van der Waals surface area contributed by atoms with Crippen molar-refractivity contribution >= 4 is 74.1 Å². The minimum Gasteiger partial charge on any atom is -0.506 e. The van der Waals surface area contributed by atoms with Crippen LogP contribution in [0.15, 0.2) is 82.7 Å². The number of phenolic OH excluding ortho intramolecular Hbond substituents is 1. The number of amidine groups is 1. The number of phenols is 1. The van der Waals surface area contributed by atoms with Crippen LogP contribution >= 0.6 is 56.9 Å². The molecule has 1 aliphatic rings. The maximum Gasteiger partial charge on any atom is 0.267 e. The Hall–Kier alpha value is -1.85. The fourth-order valence-electron chi connectivity index (χ4n) is 3.11. The zero-order valence-corrected chi connectivity index (χ0v) is 21.5. The first-order valence-corrected chi connectivity index (χ1v) is 12.5. The average Bonchev–Trinajstić information content (AvgIpc) is 3.06. The summed E-state index contributed by atoms with van der Waals surface area (Å²) in [6, 6.07) is 23.7. The second-order valence-electron chi connectivity index (χ2n) is 6.90. The van der Waals surface area contributed by atoms with Crippen LogP contribution in [-0.4, -0.2) is 21.1 Å². The molecule has 31 heavy (non-hydrogen) atoms. The monoisotopic (exact) mass is 652 g/mol. The highest BCUT2D eigenvalue weighted by atomic mass is 127. The number of rotatable bonds is 5. The van der Waals surface area contributed by atoms with E-state index in [4.69, 9.17) is 4.99 Å². The summed E-state index contributed by atoms with van der Waals surface area (Å²) in [4.78, 5) is 20.3. The number of aromatic hydroxyl groups is 1. The second-order valence-corrected chi connectivity index (χ2v) is 10.3. The van der Waals surface area contributed by atoms with Gasteiger partial charge in [-0.05, 0) is 86.3 Å². The standard InChI is InChI=1S/C24H18I2N2O2S/c25-19-11-18(22(29)20(26)13-19)12-21-23(30)28(15-17-9-5-2-6-10-17)24(31-21)27-14-16-7-3-1-4-8-16/h1-13,29H,14-15H2/b21-12-,27-24?. The van der Waals surface area contributed by atoms with E-state index in [1.807, 2.05) is 72.8 Å². The van der Waals surface area contributed by atoms with Gasteiger partial charge in [-0.1, -0.05) is 60.7 Å². The van der Waals surface area contributed by atoms with Gasteiger partial charge in [-0.2, -0.15) is 0 Å². The van der Waals surface area contributed by atoms with Crippen molar-refractivity contribution in [3.63, 3.8) is 0 Å². The van der Waals surface area contributed by atoms with Crippen molar-refractivity contribution in [1.29, 1.82) is 0 Å². The van der Waals surface area contributed by atoms with Gasteiger partial charge in [0.15, 0.2) is 5.17 Å². The molecule has 0 unspecified atom stereocenters. The summed E-state index contributed by atoms with van der Waals surface area (Å²) >= 11 is 5.66. The van der Waals surface area contributed by atoms with Crippen molar-refractivity contribution in [2.75, 3.05) is 0 Å². The Labute approximate surface area is 212 Å². The molecule has 1 amide bonds. The molecule has 0 aromatic heterocycles. The van der Waals surface area contributed by atoms with Crippen molar-refractivity contribution < 1.29 is 9.90 Å². The number of carbonyl (C=O) groups is 1. The van der Waals surface area contributed by atoms with E-state index >= 15 is 0 Å². The minimum atomic E-state index is -0.103. The lowest BCUT2D eigenvalue weighted by Crippen LogP contribution is -2.28. The molecular weight excluding hydrogens is 634 g/mol. The third-order valence-electron chi connectivity index (χ3n) is 4.66. The van der Waals surface area contributed by atoms with Gasteiger partial charge in [0.25, 0.3) is 5.91 Å². The molecule has 7 heteroatoms. The normalized spacial score (nSPS) is 16.5. The fourth-order valence-corrected chi connectivity index (χ4v) is 5.97. The number of amides is 1. The molecule has 0 atom stereocenters. The molecule has 0 saturated carbocycles. The fraction of sp³-hybridized carbons (Fsp3) is 0.0833. The smallest absolute Gasteiger partial charge is 0.267 e. The van der Waals surface area contributed by atoms with Crippen molar-refractivity contribution in [3.8, 4) is 5.75 Å². The topological polar surface area (TPSA) is 52.9 Å². The zero-order chi connectivity index (χ0) is 21.8. The van der Waals surface area contributed by atoms with Crippen LogP contribution in [0.25, 0.3) is 6.08 Å². The van der Waals surface area contributed by atoms with Gasteiger partial charge in [0, 0.05) is 9.13 Å². The summed E-state index contributed by atoms with van der Waals surface area (Å²) in [5.41, 5.74) is 2.76. The number of halogens is 2. The summed E-state index contributed by atoms with van der Waals surface area (Å²) in [7, 11) is 0. The van der Waals surface area contributed by atoms with E-state index < -0.39 is 0 Å². The maximum atomic E-state index is 13.3. The Bertz CT molecular complexity index is 1160. The summed E-state index contributed by atoms with van der Waals surface area (Å²) in [6.45, 7) is 0.953. The summed E-state index contributed by atoms with van der Waals surface area (Å²) in [6.07, 6.45) is 1.76. The van der Waals surface area contributed by atoms with Gasteiger partial charge in [-0.25, -0.2) is 0 Å². The van der Waals surface area contributed by atoms with E-state index in [1.165, 1.54) is 11.8 Å². The van der Waals surface area contributed by atoms with E-state index in [-0.39, 0.29) is 11.7 Å². The number of carbonyl (C=O) groups excluding carboxylic acids is 1. The number of hydrogen-bond donors (Lipinski definition) is 1. The Kier molecular flexibility index (Phi) is 7.34. The Balaban J connectivity index is 1.68. The average molecular weight is 652 g/mol. The van der Waals surface area contributed by atoms with Crippen molar-refractivity contribution in [1.82, 2.24) is 4.90 Å². The quantitative estimate of drug-likeness (QED) is 0.261. The summed E-state index contributed by atoms with van der Waals surface area (Å²) in [5.74, 6) is 0.0835. The first kappa shape index (κ1) is 22.3. The van der Waals surface area contributed by atoms with Crippen LogP contribution in [0.3, 0.4) is 0 Å². The largest absolute Gasteiger partial charge is 0.506 e. The minimum absolute atomic E-state index is 0.103.